The van der Waals surface area contributed by atoms with Crippen LogP contribution < -0.4 is 5.32 Å². The molecule has 0 bridgehead atoms. The van der Waals surface area contributed by atoms with Crippen molar-refractivity contribution in [1.29, 1.82) is 0 Å². The number of hydrogen-bond donors (Lipinski definition) is 1. The van der Waals surface area contributed by atoms with Crippen LogP contribution >= 0.6 is 0 Å². The van der Waals surface area contributed by atoms with Gasteiger partial charge in [-0.25, -0.2) is 4.39 Å². The Morgan fingerprint density at radius 2 is 2.00 bits per heavy atom. The smallest absolute Gasteiger partial charge is 0.225 e. The highest BCUT2D eigenvalue weighted by Gasteiger charge is 2.33. The van der Waals surface area contributed by atoms with Gasteiger partial charge in [0.15, 0.2) is 0 Å². The second-order valence-corrected chi connectivity index (χ2v) is 5.94. The lowest BCUT2D eigenvalue weighted by Gasteiger charge is -2.26. The molecular formula is C16H19FN2O2. The van der Waals surface area contributed by atoms with Crippen molar-refractivity contribution in [3.05, 3.63) is 35.6 Å². The first-order chi connectivity index (χ1) is 10.1. The quantitative estimate of drug-likeness (QED) is 0.920. The molecule has 1 aliphatic heterocycles. The largest absolute Gasteiger partial charge is 0.351 e. The van der Waals surface area contributed by atoms with Gasteiger partial charge in [-0.3, -0.25) is 9.59 Å². The minimum Gasteiger partial charge on any atom is -0.351 e. The van der Waals surface area contributed by atoms with Gasteiger partial charge in [0.2, 0.25) is 11.8 Å². The Labute approximate surface area is 123 Å². The zero-order valence-electron chi connectivity index (χ0n) is 11.8. The van der Waals surface area contributed by atoms with Gasteiger partial charge in [-0.1, -0.05) is 18.6 Å². The van der Waals surface area contributed by atoms with Gasteiger partial charge in [-0.05, 0) is 30.5 Å². The number of nitrogens with zero attached hydrogens (tertiary/aromatic N) is 1. The van der Waals surface area contributed by atoms with Gasteiger partial charge in [-0.2, -0.15) is 0 Å². The first-order valence-electron chi connectivity index (χ1n) is 7.44. The van der Waals surface area contributed by atoms with Gasteiger partial charge in [0.05, 0.1) is 6.04 Å². The van der Waals surface area contributed by atoms with E-state index < -0.39 is 0 Å². The van der Waals surface area contributed by atoms with Gasteiger partial charge in [0, 0.05) is 25.4 Å². The summed E-state index contributed by atoms with van der Waals surface area (Å²) in [6.45, 7) is 1.00. The van der Waals surface area contributed by atoms with E-state index in [1.165, 1.54) is 12.1 Å². The van der Waals surface area contributed by atoms with Crippen molar-refractivity contribution in [2.75, 3.05) is 6.54 Å². The van der Waals surface area contributed by atoms with Crippen LogP contribution in [0.15, 0.2) is 24.3 Å². The van der Waals surface area contributed by atoms with Gasteiger partial charge in [0.1, 0.15) is 5.82 Å². The van der Waals surface area contributed by atoms with Crippen LogP contribution in [0, 0.1) is 11.7 Å². The zero-order chi connectivity index (χ0) is 14.8. The van der Waals surface area contributed by atoms with Crippen LogP contribution in [-0.4, -0.2) is 29.3 Å². The van der Waals surface area contributed by atoms with Gasteiger partial charge in [-0.15, -0.1) is 0 Å². The summed E-state index contributed by atoms with van der Waals surface area (Å²) in [4.78, 5) is 25.6. The van der Waals surface area contributed by atoms with E-state index in [0.717, 1.165) is 24.8 Å². The standard InChI is InChI=1S/C16H19FN2O2/c17-13-6-4-11(5-7-13)9-19-10-14(8-15(19)20)18-16(21)12-2-1-3-12/h4-7,12,14H,1-3,8-10H2,(H,18,21). The Morgan fingerprint density at radius 3 is 2.62 bits per heavy atom. The van der Waals surface area contributed by atoms with Crippen LogP contribution in [0.4, 0.5) is 4.39 Å². The van der Waals surface area contributed by atoms with Crippen LogP contribution in [0.25, 0.3) is 0 Å². The molecule has 4 nitrogen and oxygen atoms in total. The van der Waals surface area contributed by atoms with Crippen molar-refractivity contribution >= 4 is 11.8 Å². The molecule has 1 aromatic carbocycles. The van der Waals surface area contributed by atoms with Crippen LogP contribution in [0.2, 0.25) is 0 Å². The molecule has 1 heterocycles. The molecule has 21 heavy (non-hydrogen) atoms. The summed E-state index contributed by atoms with van der Waals surface area (Å²) in [5.74, 6) is -0.00990. The number of carbonyl (C=O) groups is 2. The summed E-state index contributed by atoms with van der Waals surface area (Å²) in [7, 11) is 0. The molecule has 1 N–H and O–H groups in total. The fourth-order valence-electron chi connectivity index (χ4n) is 2.82. The van der Waals surface area contributed by atoms with E-state index in [-0.39, 0.29) is 29.6 Å². The molecule has 5 heteroatoms. The number of nitrogens with one attached hydrogen (secondary N) is 1. The first-order valence-corrected chi connectivity index (χ1v) is 7.44. The molecule has 0 aromatic heterocycles. The highest BCUT2D eigenvalue weighted by Crippen LogP contribution is 2.27. The summed E-state index contributed by atoms with van der Waals surface area (Å²) in [5.41, 5.74) is 0.899. The van der Waals surface area contributed by atoms with Crippen molar-refractivity contribution in [2.45, 2.75) is 38.3 Å². The van der Waals surface area contributed by atoms with E-state index in [1.54, 1.807) is 17.0 Å². The van der Waals surface area contributed by atoms with E-state index in [4.69, 9.17) is 0 Å². The molecular weight excluding hydrogens is 271 g/mol. The van der Waals surface area contributed by atoms with Crippen molar-refractivity contribution in [2.24, 2.45) is 5.92 Å². The summed E-state index contributed by atoms with van der Waals surface area (Å²) in [6.07, 6.45) is 3.41. The lowest BCUT2D eigenvalue weighted by Crippen LogP contribution is -2.42. The monoisotopic (exact) mass is 290 g/mol. The average molecular weight is 290 g/mol. The van der Waals surface area contributed by atoms with E-state index in [9.17, 15) is 14.0 Å². The third kappa shape index (κ3) is 3.23. The van der Waals surface area contributed by atoms with E-state index in [2.05, 4.69) is 5.32 Å². The number of halogens is 1. The minimum atomic E-state index is -0.280. The molecule has 1 saturated heterocycles. The van der Waals surface area contributed by atoms with E-state index in [1.807, 2.05) is 0 Å². The molecule has 112 valence electrons. The molecule has 2 fully saturated rings. The Hall–Kier alpha value is -1.91. The Bertz CT molecular complexity index is 540. The maximum absolute atomic E-state index is 12.9. The topological polar surface area (TPSA) is 49.4 Å². The van der Waals surface area contributed by atoms with Crippen molar-refractivity contribution in [3.8, 4) is 0 Å². The van der Waals surface area contributed by atoms with E-state index >= 15 is 0 Å². The predicted molar refractivity (Wildman–Crippen MR) is 75.7 cm³/mol. The normalized spacial score (nSPS) is 22.2. The van der Waals surface area contributed by atoms with E-state index in [0.29, 0.717) is 19.5 Å². The summed E-state index contributed by atoms with van der Waals surface area (Å²) in [6, 6.07) is 6.06. The number of hydrogen-bond acceptors (Lipinski definition) is 2. The molecule has 1 saturated carbocycles. The van der Waals surface area contributed by atoms with Crippen LogP contribution in [0.5, 0.6) is 0 Å². The predicted octanol–water partition coefficient (Wildman–Crippen LogP) is 1.84. The van der Waals surface area contributed by atoms with Gasteiger partial charge >= 0.3 is 0 Å². The number of carbonyl (C=O) groups excluding carboxylic acids is 2. The molecule has 0 radical (unpaired) electrons. The Kier molecular flexibility index (Phi) is 3.90. The minimum absolute atomic E-state index is 0.0400. The summed E-state index contributed by atoms with van der Waals surface area (Å²) < 4.78 is 12.9. The maximum atomic E-state index is 12.9. The molecule has 3 rings (SSSR count). The van der Waals surface area contributed by atoms with Gasteiger partial charge < -0.3 is 10.2 Å². The molecule has 1 aliphatic carbocycles. The average Bonchev–Trinajstić information content (AvgIpc) is 2.70. The van der Waals surface area contributed by atoms with Crippen molar-refractivity contribution < 1.29 is 14.0 Å². The molecule has 1 unspecified atom stereocenters. The lowest BCUT2D eigenvalue weighted by atomic mass is 9.84. The number of amides is 2. The number of likely N-dealkylation sites (tertiary alicyclic amines) is 1. The fraction of sp³-hybridized carbons (Fsp3) is 0.500. The molecule has 1 aromatic rings. The first kappa shape index (κ1) is 14.0. The van der Waals surface area contributed by atoms with Gasteiger partial charge in [0.25, 0.3) is 0 Å². The molecule has 2 aliphatic rings. The SMILES string of the molecule is O=C(NC1CC(=O)N(Cc2ccc(F)cc2)C1)C1CCC1. The van der Waals surface area contributed by atoms with Crippen LogP contribution in [0.1, 0.15) is 31.2 Å². The molecule has 2 amide bonds. The third-order valence-electron chi connectivity index (χ3n) is 4.32. The van der Waals surface area contributed by atoms with Crippen molar-refractivity contribution in [3.63, 3.8) is 0 Å². The second kappa shape index (κ2) is 5.84. The lowest BCUT2D eigenvalue weighted by molar-refractivity contribution is -0.128. The molecule has 0 spiro atoms. The Balaban J connectivity index is 1.54. The fourth-order valence-corrected chi connectivity index (χ4v) is 2.82. The van der Waals surface area contributed by atoms with Crippen LogP contribution in [-0.2, 0) is 16.1 Å². The Morgan fingerprint density at radius 1 is 1.29 bits per heavy atom. The highest BCUT2D eigenvalue weighted by molar-refractivity contribution is 5.83. The molecule has 1 atom stereocenters. The van der Waals surface area contributed by atoms with Crippen molar-refractivity contribution in [1.82, 2.24) is 10.2 Å². The second-order valence-electron chi connectivity index (χ2n) is 5.94. The maximum Gasteiger partial charge on any atom is 0.225 e. The zero-order valence-corrected chi connectivity index (χ0v) is 11.8. The summed E-state index contributed by atoms with van der Waals surface area (Å²) in [5, 5.41) is 2.97. The number of benzene rings is 1. The highest BCUT2D eigenvalue weighted by atomic mass is 19.1. The van der Waals surface area contributed by atoms with Crippen LogP contribution in [0.3, 0.4) is 0 Å². The summed E-state index contributed by atoms with van der Waals surface area (Å²) >= 11 is 0. The number of rotatable bonds is 4. The third-order valence-corrected chi connectivity index (χ3v) is 4.32.